The summed E-state index contributed by atoms with van der Waals surface area (Å²) in [6, 6.07) is 5.73. The Bertz CT molecular complexity index is 835. The molecule has 0 amide bonds. The highest BCUT2D eigenvalue weighted by Gasteiger charge is 2.30. The van der Waals surface area contributed by atoms with E-state index < -0.39 is 0 Å². The standard InChI is InChI=1S/C22H33N3O2/c1-6-8-20(24-13-15(3)11-16(4)14-24)21-23-19-12-17(27-5)9-10-18(19)22(26)25(21)7-2/h9-10,12,15-16,20H,6-8,11,13-14H2,1-5H3/t15-,16+,20?. The molecule has 0 bridgehead atoms. The van der Waals surface area contributed by atoms with Crippen LogP contribution in [0.15, 0.2) is 23.0 Å². The smallest absolute Gasteiger partial charge is 0.261 e. The van der Waals surface area contributed by atoms with Crippen molar-refractivity contribution in [2.24, 2.45) is 11.8 Å². The molecule has 0 aliphatic carbocycles. The molecule has 1 aliphatic heterocycles. The van der Waals surface area contributed by atoms with Crippen molar-refractivity contribution in [3.05, 3.63) is 34.4 Å². The molecular formula is C22H33N3O2. The van der Waals surface area contributed by atoms with Gasteiger partial charge in [0, 0.05) is 25.7 Å². The van der Waals surface area contributed by atoms with E-state index in [1.165, 1.54) is 6.42 Å². The van der Waals surface area contributed by atoms with Crippen molar-refractivity contribution in [2.45, 2.75) is 59.5 Å². The summed E-state index contributed by atoms with van der Waals surface area (Å²) in [5.41, 5.74) is 0.789. The van der Waals surface area contributed by atoms with Gasteiger partial charge in [-0.3, -0.25) is 14.3 Å². The second-order valence-electron chi connectivity index (χ2n) is 8.11. The van der Waals surface area contributed by atoms with Crippen LogP contribution in [0.5, 0.6) is 5.75 Å². The van der Waals surface area contributed by atoms with E-state index in [1.54, 1.807) is 7.11 Å². The van der Waals surface area contributed by atoms with Gasteiger partial charge in [-0.1, -0.05) is 27.2 Å². The van der Waals surface area contributed by atoms with Gasteiger partial charge in [0.05, 0.1) is 24.1 Å². The zero-order valence-electron chi connectivity index (χ0n) is 17.4. The van der Waals surface area contributed by atoms with E-state index in [4.69, 9.17) is 9.72 Å². The molecule has 3 rings (SSSR count). The first-order valence-electron chi connectivity index (χ1n) is 10.3. The molecule has 0 saturated carbocycles. The van der Waals surface area contributed by atoms with Crippen LogP contribution >= 0.6 is 0 Å². The molecule has 0 radical (unpaired) electrons. The highest BCUT2D eigenvalue weighted by molar-refractivity contribution is 5.79. The molecule has 5 nitrogen and oxygen atoms in total. The molecule has 1 aromatic carbocycles. The van der Waals surface area contributed by atoms with Crippen molar-refractivity contribution in [2.75, 3.05) is 20.2 Å². The van der Waals surface area contributed by atoms with Crippen molar-refractivity contribution in [1.82, 2.24) is 14.5 Å². The van der Waals surface area contributed by atoms with Crippen LogP contribution in [0.2, 0.25) is 0 Å². The lowest BCUT2D eigenvalue weighted by Gasteiger charge is -2.40. The summed E-state index contributed by atoms with van der Waals surface area (Å²) in [6.45, 7) is 11.7. The van der Waals surface area contributed by atoms with Crippen molar-refractivity contribution in [1.29, 1.82) is 0 Å². The number of fused-ring (bicyclic) bond motifs is 1. The van der Waals surface area contributed by atoms with Gasteiger partial charge >= 0.3 is 0 Å². The van der Waals surface area contributed by atoms with Gasteiger partial charge in [0.25, 0.3) is 5.56 Å². The third-order valence-corrected chi connectivity index (χ3v) is 5.71. The number of methoxy groups -OCH3 is 1. The maximum Gasteiger partial charge on any atom is 0.261 e. The number of hydrogen-bond donors (Lipinski definition) is 0. The minimum absolute atomic E-state index is 0.0550. The third kappa shape index (κ3) is 4.03. The van der Waals surface area contributed by atoms with E-state index in [9.17, 15) is 4.79 Å². The average Bonchev–Trinajstić information content (AvgIpc) is 2.64. The SMILES string of the molecule is CCCC(c1nc2cc(OC)ccc2c(=O)n1CC)N1C[C@H](C)C[C@H](C)C1. The van der Waals surface area contributed by atoms with Crippen molar-refractivity contribution in [3.8, 4) is 5.75 Å². The topological polar surface area (TPSA) is 47.4 Å². The first-order chi connectivity index (χ1) is 13.0. The van der Waals surface area contributed by atoms with Crippen LogP contribution in [-0.4, -0.2) is 34.7 Å². The van der Waals surface area contributed by atoms with Crippen LogP contribution < -0.4 is 10.3 Å². The summed E-state index contributed by atoms with van der Waals surface area (Å²) in [6.07, 6.45) is 3.36. The van der Waals surface area contributed by atoms with Gasteiger partial charge in [0.15, 0.2) is 0 Å². The molecule has 1 fully saturated rings. The fourth-order valence-electron chi connectivity index (χ4n) is 4.62. The molecular weight excluding hydrogens is 338 g/mol. The summed E-state index contributed by atoms with van der Waals surface area (Å²) in [5.74, 6) is 3.00. The summed E-state index contributed by atoms with van der Waals surface area (Å²) < 4.78 is 7.23. The molecule has 1 aromatic heterocycles. The third-order valence-electron chi connectivity index (χ3n) is 5.71. The predicted octanol–water partition coefficient (Wildman–Crippen LogP) is 4.24. The molecule has 5 heteroatoms. The van der Waals surface area contributed by atoms with E-state index in [2.05, 4.69) is 25.7 Å². The van der Waals surface area contributed by atoms with Crippen LogP contribution in [-0.2, 0) is 6.54 Å². The van der Waals surface area contributed by atoms with Crippen molar-refractivity contribution in [3.63, 3.8) is 0 Å². The molecule has 2 aromatic rings. The van der Waals surface area contributed by atoms with E-state index in [0.29, 0.717) is 23.8 Å². The Balaban J connectivity index is 2.14. The second-order valence-corrected chi connectivity index (χ2v) is 8.11. The number of likely N-dealkylation sites (tertiary alicyclic amines) is 1. The van der Waals surface area contributed by atoms with Gasteiger partial charge < -0.3 is 4.74 Å². The maximum absolute atomic E-state index is 13.2. The minimum Gasteiger partial charge on any atom is -0.497 e. The number of piperidine rings is 1. The molecule has 0 N–H and O–H groups in total. The zero-order chi connectivity index (χ0) is 19.6. The second kappa shape index (κ2) is 8.42. The van der Waals surface area contributed by atoms with Gasteiger partial charge in [-0.2, -0.15) is 0 Å². The van der Waals surface area contributed by atoms with E-state index in [0.717, 1.165) is 43.0 Å². The predicted molar refractivity (Wildman–Crippen MR) is 110 cm³/mol. The number of aromatic nitrogens is 2. The van der Waals surface area contributed by atoms with Gasteiger partial charge in [-0.15, -0.1) is 0 Å². The van der Waals surface area contributed by atoms with E-state index in [1.807, 2.05) is 29.7 Å². The van der Waals surface area contributed by atoms with Crippen LogP contribution in [0.4, 0.5) is 0 Å². The molecule has 148 valence electrons. The Morgan fingerprint density at radius 1 is 1.22 bits per heavy atom. The number of rotatable bonds is 6. The van der Waals surface area contributed by atoms with E-state index >= 15 is 0 Å². The maximum atomic E-state index is 13.2. The van der Waals surface area contributed by atoms with Crippen molar-refractivity contribution < 1.29 is 4.74 Å². The quantitative estimate of drug-likeness (QED) is 0.762. The van der Waals surface area contributed by atoms with Gasteiger partial charge in [0.1, 0.15) is 11.6 Å². The van der Waals surface area contributed by atoms with Gasteiger partial charge in [-0.05, 0) is 43.7 Å². The monoisotopic (exact) mass is 371 g/mol. The first-order valence-corrected chi connectivity index (χ1v) is 10.3. The number of ether oxygens (including phenoxy) is 1. The summed E-state index contributed by atoms with van der Waals surface area (Å²) in [4.78, 5) is 20.7. The average molecular weight is 372 g/mol. The Morgan fingerprint density at radius 2 is 1.93 bits per heavy atom. The lowest BCUT2D eigenvalue weighted by molar-refractivity contribution is 0.0836. The van der Waals surface area contributed by atoms with E-state index in [-0.39, 0.29) is 11.6 Å². The molecule has 27 heavy (non-hydrogen) atoms. The van der Waals surface area contributed by atoms with Crippen LogP contribution in [0.3, 0.4) is 0 Å². The van der Waals surface area contributed by atoms with Crippen LogP contribution in [0.25, 0.3) is 10.9 Å². The fraction of sp³-hybridized carbons (Fsp3) is 0.636. The Labute approximate surface area is 162 Å². The normalized spacial score (nSPS) is 22.1. The molecule has 1 unspecified atom stereocenters. The highest BCUT2D eigenvalue weighted by atomic mass is 16.5. The molecule has 1 aliphatic rings. The molecule has 1 saturated heterocycles. The lowest BCUT2D eigenvalue weighted by Crippen LogP contribution is -2.43. The Kier molecular flexibility index (Phi) is 6.20. The summed E-state index contributed by atoms with van der Waals surface area (Å²) in [5, 5.41) is 0.664. The number of benzene rings is 1. The largest absolute Gasteiger partial charge is 0.497 e. The first kappa shape index (κ1) is 19.9. The van der Waals surface area contributed by atoms with Gasteiger partial charge in [0.2, 0.25) is 0 Å². The summed E-state index contributed by atoms with van der Waals surface area (Å²) >= 11 is 0. The Morgan fingerprint density at radius 3 is 2.52 bits per heavy atom. The molecule has 3 atom stereocenters. The fourth-order valence-corrected chi connectivity index (χ4v) is 4.62. The summed E-state index contributed by atoms with van der Waals surface area (Å²) in [7, 11) is 1.64. The van der Waals surface area contributed by atoms with Gasteiger partial charge in [-0.25, -0.2) is 4.98 Å². The zero-order valence-corrected chi connectivity index (χ0v) is 17.4. The van der Waals surface area contributed by atoms with Crippen molar-refractivity contribution >= 4 is 10.9 Å². The van der Waals surface area contributed by atoms with Crippen LogP contribution in [0, 0.1) is 11.8 Å². The minimum atomic E-state index is 0.0550. The van der Waals surface area contributed by atoms with Crippen LogP contribution in [0.1, 0.15) is 58.8 Å². The molecule has 2 heterocycles. The lowest BCUT2D eigenvalue weighted by atomic mass is 9.90. The number of hydrogen-bond acceptors (Lipinski definition) is 4. The highest BCUT2D eigenvalue weighted by Crippen LogP contribution is 2.32. The number of nitrogens with zero attached hydrogens (tertiary/aromatic N) is 3. The molecule has 0 spiro atoms. The Hall–Kier alpha value is -1.88.